The molecule has 3 aromatic rings. The van der Waals surface area contributed by atoms with Crippen LogP contribution in [0.3, 0.4) is 0 Å². The predicted octanol–water partition coefficient (Wildman–Crippen LogP) is 4.29. The van der Waals surface area contributed by atoms with Gasteiger partial charge in [-0.05, 0) is 63.2 Å². The van der Waals surface area contributed by atoms with E-state index in [1.807, 2.05) is 0 Å². The number of benzene rings is 3. The molecule has 3 rings (SSSR count). The standard InChI is InChI=1S/C32H34F2N4O8/c1-32(2,3)46-29(41)18-38(27(39)17-35-31(43)36-23-10-8-9-20(13-23)30(42)44-5)25-11-6-7-12-26(25)45-19-28(40)37(4)24-15-21(33)14-22(34)16-24/h6-16H,17-19H2,1-5H3,(H2,35,36,43). The molecule has 0 saturated heterocycles. The van der Waals surface area contributed by atoms with E-state index in [1.54, 1.807) is 32.9 Å². The molecule has 0 aliphatic carbocycles. The van der Waals surface area contributed by atoms with Crippen LogP contribution in [0.2, 0.25) is 0 Å². The maximum Gasteiger partial charge on any atom is 0.337 e. The summed E-state index contributed by atoms with van der Waals surface area (Å²) in [7, 11) is 2.53. The summed E-state index contributed by atoms with van der Waals surface area (Å²) in [6.45, 7) is 3.22. The minimum Gasteiger partial charge on any atom is -0.482 e. The molecule has 0 aromatic heterocycles. The Bertz CT molecular complexity index is 1590. The van der Waals surface area contributed by atoms with Crippen LogP contribution in [-0.4, -0.2) is 69.2 Å². The van der Waals surface area contributed by atoms with Gasteiger partial charge in [-0.2, -0.15) is 0 Å². The van der Waals surface area contributed by atoms with Crippen LogP contribution in [0, 0.1) is 11.6 Å². The number of likely N-dealkylation sites (N-methyl/N-ethyl adjacent to an activating group) is 1. The Balaban J connectivity index is 1.77. The van der Waals surface area contributed by atoms with Crippen molar-refractivity contribution in [2.24, 2.45) is 0 Å². The molecule has 46 heavy (non-hydrogen) atoms. The summed E-state index contributed by atoms with van der Waals surface area (Å²) in [5, 5.41) is 4.91. The van der Waals surface area contributed by atoms with Crippen LogP contribution in [0.1, 0.15) is 31.1 Å². The number of halogens is 2. The molecule has 0 heterocycles. The highest BCUT2D eigenvalue weighted by Crippen LogP contribution is 2.29. The summed E-state index contributed by atoms with van der Waals surface area (Å²) >= 11 is 0. The third kappa shape index (κ3) is 10.3. The zero-order valence-electron chi connectivity index (χ0n) is 25.9. The number of carbonyl (C=O) groups excluding carboxylic acids is 5. The normalized spacial score (nSPS) is 10.8. The lowest BCUT2D eigenvalue weighted by atomic mass is 10.2. The SMILES string of the molecule is COC(=O)c1cccc(NC(=O)NCC(=O)N(CC(=O)OC(C)(C)C)c2ccccc2OCC(=O)N(C)c2cc(F)cc(F)c2)c1. The number of methoxy groups -OCH3 is 1. The average Bonchev–Trinajstić information content (AvgIpc) is 2.99. The average molecular weight is 641 g/mol. The van der Waals surface area contributed by atoms with Crippen molar-refractivity contribution < 1.29 is 47.0 Å². The molecule has 12 nitrogen and oxygen atoms in total. The Hall–Kier alpha value is -5.53. The lowest BCUT2D eigenvalue weighted by Crippen LogP contribution is -2.45. The van der Waals surface area contributed by atoms with Crippen molar-refractivity contribution in [1.82, 2.24) is 5.32 Å². The molecule has 2 N–H and O–H groups in total. The van der Waals surface area contributed by atoms with Gasteiger partial charge in [0.1, 0.15) is 29.5 Å². The van der Waals surface area contributed by atoms with E-state index in [4.69, 9.17) is 9.47 Å². The number of nitrogens with zero attached hydrogens (tertiary/aromatic N) is 2. The first kappa shape index (κ1) is 35.0. The van der Waals surface area contributed by atoms with Crippen molar-refractivity contribution in [3.05, 3.63) is 83.9 Å². The van der Waals surface area contributed by atoms with Crippen molar-refractivity contribution in [1.29, 1.82) is 0 Å². The van der Waals surface area contributed by atoms with Crippen LogP contribution in [0.4, 0.5) is 30.6 Å². The number of amides is 4. The van der Waals surface area contributed by atoms with E-state index >= 15 is 0 Å². The molecular weight excluding hydrogens is 606 g/mol. The maximum atomic E-state index is 13.7. The largest absolute Gasteiger partial charge is 0.482 e. The predicted molar refractivity (Wildman–Crippen MR) is 165 cm³/mol. The maximum absolute atomic E-state index is 13.7. The molecule has 0 aliphatic heterocycles. The lowest BCUT2D eigenvalue weighted by molar-refractivity contribution is -0.153. The van der Waals surface area contributed by atoms with Crippen LogP contribution >= 0.6 is 0 Å². The zero-order chi connectivity index (χ0) is 34.0. The lowest BCUT2D eigenvalue weighted by Gasteiger charge is -2.27. The molecule has 4 amide bonds. The molecular formula is C32H34F2N4O8. The number of para-hydroxylation sites is 2. The Morgan fingerprint density at radius 2 is 1.54 bits per heavy atom. The van der Waals surface area contributed by atoms with E-state index in [2.05, 4.69) is 15.4 Å². The second-order valence-electron chi connectivity index (χ2n) is 10.8. The smallest absolute Gasteiger partial charge is 0.337 e. The molecule has 244 valence electrons. The summed E-state index contributed by atoms with van der Waals surface area (Å²) < 4.78 is 43.1. The van der Waals surface area contributed by atoms with E-state index in [9.17, 15) is 32.8 Å². The number of hydrogen-bond donors (Lipinski definition) is 2. The van der Waals surface area contributed by atoms with Gasteiger partial charge in [0.05, 0.1) is 24.9 Å². The topological polar surface area (TPSA) is 144 Å². The molecule has 0 atom stereocenters. The van der Waals surface area contributed by atoms with Gasteiger partial charge in [-0.3, -0.25) is 19.3 Å². The number of carbonyl (C=O) groups is 5. The fourth-order valence-corrected chi connectivity index (χ4v) is 3.99. The van der Waals surface area contributed by atoms with Gasteiger partial charge in [0.15, 0.2) is 6.61 Å². The highest BCUT2D eigenvalue weighted by Gasteiger charge is 2.26. The zero-order valence-corrected chi connectivity index (χ0v) is 25.9. The van der Waals surface area contributed by atoms with Gasteiger partial charge >= 0.3 is 18.0 Å². The molecule has 3 aromatic carbocycles. The van der Waals surface area contributed by atoms with E-state index in [-0.39, 0.29) is 28.4 Å². The van der Waals surface area contributed by atoms with Crippen LogP contribution in [0.5, 0.6) is 5.75 Å². The van der Waals surface area contributed by atoms with Gasteiger partial charge in [-0.15, -0.1) is 0 Å². The Kier molecular flexibility index (Phi) is 11.7. The monoisotopic (exact) mass is 640 g/mol. The first-order valence-corrected chi connectivity index (χ1v) is 13.9. The second-order valence-corrected chi connectivity index (χ2v) is 10.8. The first-order chi connectivity index (χ1) is 21.7. The van der Waals surface area contributed by atoms with E-state index in [0.29, 0.717) is 6.07 Å². The Labute approximate surface area is 264 Å². The van der Waals surface area contributed by atoms with Gasteiger partial charge in [0.2, 0.25) is 5.91 Å². The van der Waals surface area contributed by atoms with Gasteiger partial charge in [0.25, 0.3) is 5.91 Å². The molecule has 0 fully saturated rings. The number of rotatable bonds is 11. The van der Waals surface area contributed by atoms with Crippen molar-refractivity contribution in [2.75, 3.05) is 49.0 Å². The highest BCUT2D eigenvalue weighted by atomic mass is 19.1. The molecule has 0 unspecified atom stereocenters. The summed E-state index contributed by atoms with van der Waals surface area (Å²) in [5.74, 6) is -4.48. The van der Waals surface area contributed by atoms with E-state index < -0.39 is 66.7 Å². The fourth-order valence-electron chi connectivity index (χ4n) is 3.99. The molecule has 0 spiro atoms. The van der Waals surface area contributed by atoms with Crippen molar-refractivity contribution in [3.8, 4) is 5.75 Å². The number of urea groups is 1. The van der Waals surface area contributed by atoms with Crippen molar-refractivity contribution >= 4 is 46.8 Å². The summed E-state index contributed by atoms with van der Waals surface area (Å²) in [6.07, 6.45) is 0. The van der Waals surface area contributed by atoms with E-state index in [0.717, 1.165) is 21.9 Å². The number of anilines is 3. The van der Waals surface area contributed by atoms with Crippen LogP contribution in [0.15, 0.2) is 66.7 Å². The van der Waals surface area contributed by atoms with Crippen molar-refractivity contribution in [3.63, 3.8) is 0 Å². The number of hydrogen-bond acceptors (Lipinski definition) is 8. The molecule has 14 heteroatoms. The minimum atomic E-state index is -0.869. The van der Waals surface area contributed by atoms with Gasteiger partial charge < -0.3 is 29.7 Å². The highest BCUT2D eigenvalue weighted by molar-refractivity contribution is 6.02. The summed E-state index contributed by atoms with van der Waals surface area (Å²) in [6, 6.07) is 13.9. The summed E-state index contributed by atoms with van der Waals surface area (Å²) in [4.78, 5) is 65.5. The number of esters is 2. The van der Waals surface area contributed by atoms with Gasteiger partial charge in [-0.1, -0.05) is 18.2 Å². The quantitative estimate of drug-likeness (QED) is 0.296. The van der Waals surface area contributed by atoms with Gasteiger partial charge in [-0.25, -0.2) is 18.4 Å². The molecule has 0 radical (unpaired) electrons. The minimum absolute atomic E-state index is 0.0238. The Morgan fingerprint density at radius 3 is 2.20 bits per heavy atom. The van der Waals surface area contributed by atoms with Crippen LogP contribution in [-0.2, 0) is 23.9 Å². The summed E-state index contributed by atoms with van der Waals surface area (Å²) in [5.41, 5.74) is -0.371. The number of nitrogens with one attached hydrogen (secondary N) is 2. The molecule has 0 aliphatic rings. The van der Waals surface area contributed by atoms with Crippen molar-refractivity contribution in [2.45, 2.75) is 26.4 Å². The molecule has 0 bridgehead atoms. The van der Waals surface area contributed by atoms with Crippen LogP contribution < -0.4 is 25.2 Å². The van der Waals surface area contributed by atoms with Crippen LogP contribution in [0.25, 0.3) is 0 Å². The van der Waals surface area contributed by atoms with E-state index in [1.165, 1.54) is 50.6 Å². The third-order valence-electron chi connectivity index (χ3n) is 6.07. The fraction of sp³-hybridized carbons (Fsp3) is 0.281. The Morgan fingerprint density at radius 1 is 0.870 bits per heavy atom. The third-order valence-corrected chi connectivity index (χ3v) is 6.07. The second kappa shape index (κ2) is 15.5. The van der Waals surface area contributed by atoms with Gasteiger partial charge in [0, 0.05) is 24.5 Å². The first-order valence-electron chi connectivity index (χ1n) is 13.9. The molecule has 0 saturated carbocycles. The number of ether oxygens (including phenoxy) is 3.